The van der Waals surface area contributed by atoms with Crippen LogP contribution in [0.1, 0.15) is 13.3 Å². The monoisotopic (exact) mass is 203 g/mol. The minimum Gasteiger partial charge on any atom is -0.382 e. The zero-order chi connectivity index (χ0) is 9.57. The van der Waals surface area contributed by atoms with Gasteiger partial charge in [0.05, 0.1) is 18.1 Å². The molecule has 0 amide bonds. The highest BCUT2D eigenvalue weighted by atomic mass is 32.2. The third-order valence-corrected chi connectivity index (χ3v) is 3.05. The topological polar surface area (TPSA) is 30.5 Å². The van der Waals surface area contributed by atoms with Crippen LogP contribution in [0.3, 0.4) is 0 Å². The van der Waals surface area contributed by atoms with Crippen molar-refractivity contribution in [1.29, 1.82) is 0 Å². The molecule has 3 nitrogen and oxygen atoms in total. The highest BCUT2D eigenvalue weighted by Gasteiger charge is 2.24. The predicted octanol–water partition coefficient (Wildman–Crippen LogP) is 1.56. The summed E-state index contributed by atoms with van der Waals surface area (Å²) in [5, 5.41) is 5.37. The molecule has 1 aliphatic heterocycles. The molecule has 0 aromatic rings. The van der Waals surface area contributed by atoms with Gasteiger partial charge in [-0.2, -0.15) is 0 Å². The third kappa shape index (κ3) is 4.02. The first-order valence-electron chi connectivity index (χ1n) is 4.44. The van der Waals surface area contributed by atoms with Gasteiger partial charge in [-0.1, -0.05) is 0 Å². The molecule has 0 spiro atoms. The van der Waals surface area contributed by atoms with E-state index in [1.807, 2.05) is 6.20 Å². The van der Waals surface area contributed by atoms with Crippen LogP contribution in [0, 0.1) is 0 Å². The van der Waals surface area contributed by atoms with Crippen molar-refractivity contribution in [2.75, 3.05) is 26.9 Å². The number of ether oxygens (including phenoxy) is 2. The summed E-state index contributed by atoms with van der Waals surface area (Å²) in [6, 6.07) is 0. The van der Waals surface area contributed by atoms with Crippen molar-refractivity contribution in [3.05, 3.63) is 11.6 Å². The second-order valence-corrected chi connectivity index (χ2v) is 4.56. The van der Waals surface area contributed by atoms with Crippen molar-refractivity contribution < 1.29 is 9.47 Å². The molecule has 0 radical (unpaired) electrons. The van der Waals surface area contributed by atoms with Crippen LogP contribution in [0.2, 0.25) is 0 Å². The van der Waals surface area contributed by atoms with Crippen LogP contribution in [-0.2, 0) is 9.47 Å². The van der Waals surface area contributed by atoms with Gasteiger partial charge in [-0.25, -0.2) is 0 Å². The van der Waals surface area contributed by atoms with Crippen LogP contribution in [0.4, 0.5) is 0 Å². The lowest BCUT2D eigenvalue weighted by Crippen LogP contribution is -2.33. The number of hydrogen-bond acceptors (Lipinski definition) is 4. The molecule has 0 saturated carbocycles. The van der Waals surface area contributed by atoms with Crippen molar-refractivity contribution in [3.63, 3.8) is 0 Å². The molecule has 0 saturated heterocycles. The Kier molecular flexibility index (Phi) is 4.62. The van der Waals surface area contributed by atoms with E-state index in [0.29, 0.717) is 13.2 Å². The Morgan fingerprint density at radius 3 is 2.85 bits per heavy atom. The highest BCUT2D eigenvalue weighted by Crippen LogP contribution is 2.30. The van der Waals surface area contributed by atoms with Crippen molar-refractivity contribution in [2.45, 2.75) is 18.2 Å². The lowest BCUT2D eigenvalue weighted by Gasteiger charge is -2.23. The van der Waals surface area contributed by atoms with Gasteiger partial charge in [0.15, 0.2) is 0 Å². The van der Waals surface area contributed by atoms with Crippen LogP contribution in [0.5, 0.6) is 0 Å². The highest BCUT2D eigenvalue weighted by molar-refractivity contribution is 8.03. The predicted molar refractivity (Wildman–Crippen MR) is 55.6 cm³/mol. The van der Waals surface area contributed by atoms with E-state index in [1.165, 1.54) is 0 Å². The van der Waals surface area contributed by atoms with Crippen LogP contribution >= 0.6 is 11.8 Å². The third-order valence-electron chi connectivity index (χ3n) is 1.94. The van der Waals surface area contributed by atoms with Crippen molar-refractivity contribution in [3.8, 4) is 0 Å². The maximum atomic E-state index is 5.40. The molecule has 1 N–H and O–H groups in total. The summed E-state index contributed by atoms with van der Waals surface area (Å²) in [4.78, 5) is 0.132. The first-order valence-corrected chi connectivity index (χ1v) is 5.32. The number of rotatable bonds is 6. The summed E-state index contributed by atoms with van der Waals surface area (Å²) in [6.07, 6.45) is 2.99. The van der Waals surface area contributed by atoms with Gasteiger partial charge in [-0.05, 0) is 12.3 Å². The van der Waals surface area contributed by atoms with Gasteiger partial charge in [-0.15, -0.1) is 11.8 Å². The molecular weight excluding hydrogens is 186 g/mol. The minimum atomic E-state index is 0.132. The molecule has 0 aliphatic carbocycles. The van der Waals surface area contributed by atoms with Crippen molar-refractivity contribution in [2.24, 2.45) is 0 Å². The summed E-state index contributed by atoms with van der Waals surface area (Å²) in [5.74, 6) is 0. The van der Waals surface area contributed by atoms with Crippen molar-refractivity contribution >= 4 is 11.8 Å². The Morgan fingerprint density at radius 1 is 1.38 bits per heavy atom. The van der Waals surface area contributed by atoms with Crippen LogP contribution in [-0.4, -0.2) is 31.8 Å². The number of hydrogen-bond donors (Lipinski definition) is 1. The van der Waals surface area contributed by atoms with E-state index in [2.05, 4.69) is 17.6 Å². The number of methoxy groups -OCH3 is 1. The molecule has 0 aromatic carbocycles. The van der Waals surface area contributed by atoms with Crippen LogP contribution in [0.25, 0.3) is 0 Å². The molecular formula is C9H17NO2S. The Hall–Kier alpha value is -0.190. The number of nitrogens with one attached hydrogen (secondary N) is 1. The average molecular weight is 203 g/mol. The molecule has 1 unspecified atom stereocenters. The van der Waals surface area contributed by atoms with Gasteiger partial charge >= 0.3 is 0 Å². The van der Waals surface area contributed by atoms with Gasteiger partial charge in [-0.3, -0.25) is 0 Å². The summed E-state index contributed by atoms with van der Waals surface area (Å²) in [6.45, 7) is 4.32. The SMILES string of the molecule is COCCOCCC1(C)NC=CS1. The summed E-state index contributed by atoms with van der Waals surface area (Å²) < 4.78 is 10.3. The van der Waals surface area contributed by atoms with E-state index in [-0.39, 0.29) is 4.87 Å². The first kappa shape index (κ1) is 10.9. The minimum absolute atomic E-state index is 0.132. The van der Waals surface area contributed by atoms with E-state index in [0.717, 1.165) is 13.0 Å². The second-order valence-electron chi connectivity index (χ2n) is 3.15. The molecule has 4 heteroatoms. The first-order chi connectivity index (χ1) is 6.27. The zero-order valence-electron chi connectivity index (χ0n) is 8.21. The summed E-state index contributed by atoms with van der Waals surface area (Å²) in [5.41, 5.74) is 0. The van der Waals surface area contributed by atoms with Gasteiger partial charge in [0.25, 0.3) is 0 Å². The van der Waals surface area contributed by atoms with Crippen molar-refractivity contribution in [1.82, 2.24) is 5.32 Å². The fraction of sp³-hybridized carbons (Fsp3) is 0.778. The maximum Gasteiger partial charge on any atom is 0.0863 e. The molecule has 13 heavy (non-hydrogen) atoms. The van der Waals surface area contributed by atoms with E-state index in [1.54, 1.807) is 18.9 Å². The Morgan fingerprint density at radius 2 is 2.23 bits per heavy atom. The number of thioether (sulfide) groups is 1. The van der Waals surface area contributed by atoms with Gasteiger partial charge < -0.3 is 14.8 Å². The summed E-state index contributed by atoms with van der Waals surface area (Å²) in [7, 11) is 1.68. The Labute approximate surface area is 83.9 Å². The van der Waals surface area contributed by atoms with E-state index < -0.39 is 0 Å². The van der Waals surface area contributed by atoms with Gasteiger partial charge in [0.2, 0.25) is 0 Å². The molecule has 1 heterocycles. The maximum absolute atomic E-state index is 5.40. The molecule has 0 aromatic heterocycles. The fourth-order valence-electron chi connectivity index (χ4n) is 1.07. The standard InChI is InChI=1S/C9H17NO2S/c1-9(10-4-8-13-9)3-5-12-7-6-11-2/h4,8,10H,3,5-7H2,1-2H3. The van der Waals surface area contributed by atoms with Gasteiger partial charge in [0, 0.05) is 26.3 Å². The van der Waals surface area contributed by atoms with Gasteiger partial charge in [0.1, 0.15) is 0 Å². The van der Waals surface area contributed by atoms with E-state index in [4.69, 9.17) is 9.47 Å². The zero-order valence-corrected chi connectivity index (χ0v) is 9.02. The average Bonchev–Trinajstić information content (AvgIpc) is 2.53. The Balaban J connectivity index is 1.99. The quantitative estimate of drug-likeness (QED) is 0.664. The fourth-order valence-corrected chi connectivity index (χ4v) is 1.84. The van der Waals surface area contributed by atoms with Crippen LogP contribution in [0.15, 0.2) is 11.6 Å². The van der Waals surface area contributed by atoms with Crippen LogP contribution < -0.4 is 5.32 Å². The smallest absolute Gasteiger partial charge is 0.0863 e. The molecule has 0 bridgehead atoms. The summed E-state index contributed by atoms with van der Waals surface area (Å²) >= 11 is 1.81. The molecule has 1 aliphatic rings. The molecule has 0 fully saturated rings. The second kappa shape index (κ2) is 5.52. The molecule has 76 valence electrons. The lowest BCUT2D eigenvalue weighted by molar-refractivity contribution is 0.0657. The largest absolute Gasteiger partial charge is 0.382 e. The Bertz CT molecular complexity index is 165. The molecule has 1 atom stereocenters. The molecule has 1 rings (SSSR count). The lowest BCUT2D eigenvalue weighted by atomic mass is 10.2. The normalized spacial score (nSPS) is 26.3. The van der Waals surface area contributed by atoms with E-state index in [9.17, 15) is 0 Å². The van der Waals surface area contributed by atoms with E-state index >= 15 is 0 Å².